The van der Waals surface area contributed by atoms with E-state index in [1.54, 1.807) is 56.4 Å². The number of rotatable bonds is 20. The molecular weight excluding hydrogens is 1510 g/mol. The van der Waals surface area contributed by atoms with Crippen molar-refractivity contribution in [2.75, 3.05) is 103 Å². The summed E-state index contributed by atoms with van der Waals surface area (Å²) in [7, 11) is -1.95. The summed E-state index contributed by atoms with van der Waals surface area (Å²) in [5.41, 5.74) is 0.359. The Bertz CT molecular complexity index is 4280. The van der Waals surface area contributed by atoms with Gasteiger partial charge in [0.1, 0.15) is 44.3 Å². The fraction of sp³-hybridized carbons (Fsp3) is 0.590. The Morgan fingerprint density at radius 1 is 0.566 bits per heavy atom. The van der Waals surface area contributed by atoms with Gasteiger partial charge in [0, 0.05) is 84.3 Å². The molecular formula is C78H110BBrCl2F4N4O14Si2. The molecule has 0 saturated carbocycles. The van der Waals surface area contributed by atoms with Crippen LogP contribution in [-0.2, 0) is 48.9 Å². The van der Waals surface area contributed by atoms with Crippen molar-refractivity contribution in [2.24, 2.45) is 10.8 Å². The Kier molecular flexibility index (Phi) is 28.5. The van der Waals surface area contributed by atoms with Crippen LogP contribution in [0.5, 0.6) is 11.5 Å². The molecule has 2 atom stereocenters. The van der Waals surface area contributed by atoms with Gasteiger partial charge in [-0.2, -0.15) is 0 Å². The van der Waals surface area contributed by atoms with Gasteiger partial charge in [-0.1, -0.05) is 122 Å². The first-order valence-electron chi connectivity index (χ1n) is 36.1. The number of nitrogens with zero attached hydrogens (tertiary/aromatic N) is 4. The molecule has 3 fully saturated rings. The van der Waals surface area contributed by atoms with Gasteiger partial charge in [0.05, 0.1) is 113 Å². The first kappa shape index (κ1) is 87.7. The van der Waals surface area contributed by atoms with Crippen molar-refractivity contribution in [3.05, 3.63) is 130 Å². The van der Waals surface area contributed by atoms with Crippen LogP contribution in [0.1, 0.15) is 174 Å². The summed E-state index contributed by atoms with van der Waals surface area (Å²) in [6.45, 7) is 50.9. The average Bonchev–Trinajstić information content (AvgIpc) is 1.24. The number of carbonyl (C=O) groups excluding carboxylic acids is 2. The minimum atomic E-state index is -2.18. The topological polar surface area (TPSA) is 177 Å². The van der Waals surface area contributed by atoms with Crippen LogP contribution in [0.2, 0.25) is 46.3 Å². The van der Waals surface area contributed by atoms with Crippen LogP contribution in [0, 0.1) is 34.1 Å². The van der Waals surface area contributed by atoms with Crippen LogP contribution in [0.15, 0.2) is 58.4 Å². The van der Waals surface area contributed by atoms with Crippen molar-refractivity contribution < 1.29 is 73.7 Å². The number of alkyl halides is 1. The largest absolute Gasteiger partial charge is 0.498 e. The molecule has 28 heteroatoms. The first-order valence-corrected chi connectivity index (χ1v) is 43.8. The number of fused-ring (bicyclic) bond motifs is 2. The van der Waals surface area contributed by atoms with Gasteiger partial charge in [0.15, 0.2) is 28.3 Å². The van der Waals surface area contributed by atoms with Crippen molar-refractivity contribution in [1.82, 2.24) is 9.13 Å². The standard InChI is InChI=1S/C36H49ClF2N2O6Si.C31H50BNO7Si.C11H11BrClF2NO/c1-11-46-34(43)25-20-41(29(35(2,3)4)21-47-48(9,10)36(5,6)7)26-19-28(44-8)22(17-24(26)33(25)42)16-23-18-27(32(39)30(37)31(23)38)40-12-14-45-15-13-40;1-15-37-27(35)21-18-33(25(28(2,3)4)19-38-41(13,14)29(5,6)7)23-17-24(36-12)22(16-20(23)26(21)34)32-39-30(8,9)31(10,11)40-32;12-6-7-5-8(11(15)9(13)10(7)14)16-1-3-17-4-2-16/h17-20,29H,11-16,21H2,1-10H3;16-18,25H,15,19H2,1-14H3;5H,1-4,6H2/t29-;25-;/m11./s1. The molecule has 9 rings (SSSR count). The van der Waals surface area contributed by atoms with Crippen molar-refractivity contribution in [2.45, 2.75) is 196 Å². The first-order chi connectivity index (χ1) is 49.0. The molecule has 0 spiro atoms. The molecule has 4 aromatic carbocycles. The van der Waals surface area contributed by atoms with Crippen molar-refractivity contribution in [3.8, 4) is 11.5 Å². The highest BCUT2D eigenvalue weighted by atomic mass is 79.9. The lowest BCUT2D eigenvalue weighted by atomic mass is 9.77. The van der Waals surface area contributed by atoms with E-state index in [2.05, 4.69) is 125 Å². The zero-order valence-corrected chi connectivity index (χ0v) is 71.5. The Hall–Kier alpha value is -5.52. The fourth-order valence-electron chi connectivity index (χ4n) is 12.0. The summed E-state index contributed by atoms with van der Waals surface area (Å²) >= 11 is 15.0. The van der Waals surface area contributed by atoms with Crippen LogP contribution >= 0.6 is 39.1 Å². The van der Waals surface area contributed by atoms with E-state index in [1.165, 1.54) is 19.2 Å². The molecule has 586 valence electrons. The second-order valence-corrected chi connectivity index (χ2v) is 44.2. The molecule has 3 aliphatic rings. The van der Waals surface area contributed by atoms with Crippen LogP contribution in [-0.4, -0.2) is 149 Å². The minimum Gasteiger partial charge on any atom is -0.497 e. The number of hydrogen-bond acceptors (Lipinski definition) is 16. The summed E-state index contributed by atoms with van der Waals surface area (Å²) in [5, 5.41) is -0.148. The average molecular weight is 1620 g/mol. The summed E-state index contributed by atoms with van der Waals surface area (Å²) < 4.78 is 121. The van der Waals surface area contributed by atoms with Gasteiger partial charge >= 0.3 is 19.1 Å². The molecule has 18 nitrogen and oxygen atoms in total. The summed E-state index contributed by atoms with van der Waals surface area (Å²) in [6, 6.07) is 9.38. The number of methoxy groups -OCH3 is 2. The Labute approximate surface area is 644 Å². The third kappa shape index (κ3) is 19.4. The molecule has 0 aliphatic carbocycles. The predicted molar refractivity (Wildman–Crippen MR) is 425 cm³/mol. The lowest BCUT2D eigenvalue weighted by Gasteiger charge is -2.40. The second kappa shape index (κ2) is 34.4. The molecule has 2 aromatic heterocycles. The maximum atomic E-state index is 15.6. The number of aromatic nitrogens is 2. The Balaban J connectivity index is 0.000000244. The summed E-state index contributed by atoms with van der Waals surface area (Å²) in [4.78, 5) is 57.7. The molecule has 6 aromatic rings. The van der Waals surface area contributed by atoms with Crippen molar-refractivity contribution in [3.63, 3.8) is 0 Å². The molecule has 3 aliphatic heterocycles. The van der Waals surface area contributed by atoms with Crippen molar-refractivity contribution >= 4 is 113 Å². The van der Waals surface area contributed by atoms with Gasteiger partial charge in [-0.05, 0) is 124 Å². The minimum absolute atomic E-state index is 0.0223. The quantitative estimate of drug-likeness (QED) is 0.0232. The van der Waals surface area contributed by atoms with Gasteiger partial charge < -0.3 is 65.5 Å². The predicted octanol–water partition coefficient (Wildman–Crippen LogP) is 17.6. The highest BCUT2D eigenvalue weighted by molar-refractivity contribution is 9.08. The third-order valence-electron chi connectivity index (χ3n) is 21.4. The molecule has 0 bridgehead atoms. The maximum absolute atomic E-state index is 15.6. The Morgan fingerprint density at radius 3 is 1.29 bits per heavy atom. The van der Waals surface area contributed by atoms with Gasteiger partial charge in [0.2, 0.25) is 10.9 Å². The lowest BCUT2D eigenvalue weighted by molar-refractivity contribution is 0.00578. The van der Waals surface area contributed by atoms with E-state index in [-0.39, 0.29) is 80.4 Å². The zero-order chi connectivity index (χ0) is 79.5. The second-order valence-electron chi connectivity index (χ2n) is 33.3. The van der Waals surface area contributed by atoms with Gasteiger partial charge in [-0.15, -0.1) is 0 Å². The van der Waals surface area contributed by atoms with Gasteiger partial charge in [-0.3, -0.25) is 9.59 Å². The lowest BCUT2D eigenvalue weighted by Crippen LogP contribution is -2.43. The van der Waals surface area contributed by atoms with Gasteiger partial charge in [-0.25, -0.2) is 27.2 Å². The Morgan fingerprint density at radius 2 is 0.934 bits per heavy atom. The van der Waals surface area contributed by atoms with Crippen LogP contribution in [0.25, 0.3) is 21.8 Å². The smallest absolute Gasteiger partial charge is 0.497 e. The number of anilines is 2. The normalized spacial score (nSPS) is 16.5. The van der Waals surface area contributed by atoms with Gasteiger partial charge in [0.25, 0.3) is 0 Å². The number of morpholine rings is 2. The fourth-order valence-corrected chi connectivity index (χ4v) is 14.8. The third-order valence-corrected chi connectivity index (χ3v) is 31.7. The van der Waals surface area contributed by atoms with E-state index in [9.17, 15) is 28.0 Å². The number of pyridine rings is 2. The number of halogens is 7. The number of hydrogen-bond donors (Lipinski definition) is 0. The zero-order valence-electron chi connectivity index (χ0n) is 66.4. The van der Waals surface area contributed by atoms with Crippen LogP contribution in [0.4, 0.5) is 28.9 Å². The number of benzene rings is 4. The molecule has 106 heavy (non-hydrogen) atoms. The molecule has 0 radical (unpaired) electrons. The number of ether oxygens (including phenoxy) is 6. The molecule has 0 unspecified atom stereocenters. The molecule has 0 amide bonds. The molecule has 3 saturated heterocycles. The monoisotopic (exact) mass is 1620 g/mol. The van der Waals surface area contributed by atoms with E-state index >= 15 is 8.78 Å². The van der Waals surface area contributed by atoms with E-state index in [1.807, 2.05) is 47.8 Å². The van der Waals surface area contributed by atoms with E-state index < -0.39 is 91.1 Å². The van der Waals surface area contributed by atoms with Crippen LogP contribution < -0.4 is 35.6 Å². The molecule has 5 heterocycles. The van der Waals surface area contributed by atoms with E-state index in [0.29, 0.717) is 121 Å². The number of carbonyl (C=O) groups is 2. The summed E-state index contributed by atoms with van der Waals surface area (Å²) in [6.07, 6.45) is 3.13. The highest BCUT2D eigenvalue weighted by Crippen LogP contribution is 2.45. The van der Waals surface area contributed by atoms with Crippen LogP contribution in [0.3, 0.4) is 0 Å². The molecule has 0 N–H and O–H groups in total. The summed E-state index contributed by atoms with van der Waals surface area (Å²) in [5.74, 6) is -3.58. The van der Waals surface area contributed by atoms with E-state index in [0.717, 1.165) is 0 Å². The highest BCUT2D eigenvalue weighted by Gasteiger charge is 2.53. The number of esters is 2. The van der Waals surface area contributed by atoms with E-state index in [4.69, 9.17) is 69.8 Å². The van der Waals surface area contributed by atoms with Crippen molar-refractivity contribution in [1.29, 1.82) is 0 Å². The SMILES string of the molecule is CCOC(=O)c1cn([C@H](CO[Si](C)(C)C(C)(C)C)C(C)(C)C)c2cc(OC)c(B3OC(C)(C)C(C)(C)O3)cc2c1=O.CCOC(=O)c1cn([C@H](CO[Si](C)(C)C(C)(C)C)C(C)(C)C)c2cc(OC)c(Cc3cc(N4CCOCC4)c(F)c(Cl)c3F)cc2c1=O.Fc1c(CBr)cc(N2CCOCC2)c(F)c1Cl. The maximum Gasteiger partial charge on any atom is 0.498 e.